The molecular formula is C20H23F3N4O3. The number of hydrogen-bond donors (Lipinski definition) is 0. The number of guanidine groups is 1. The van der Waals surface area contributed by atoms with Gasteiger partial charge in [-0.3, -0.25) is 19.4 Å². The van der Waals surface area contributed by atoms with Crippen molar-refractivity contribution in [2.45, 2.75) is 31.2 Å². The summed E-state index contributed by atoms with van der Waals surface area (Å²) in [5, 5.41) is 0. The summed E-state index contributed by atoms with van der Waals surface area (Å²) in [5.41, 5.74) is 0.888. The molecule has 10 heteroatoms. The van der Waals surface area contributed by atoms with Gasteiger partial charge in [-0.15, -0.1) is 0 Å². The molecule has 0 radical (unpaired) electrons. The van der Waals surface area contributed by atoms with E-state index in [-0.39, 0.29) is 25.5 Å². The first-order chi connectivity index (χ1) is 14.4. The summed E-state index contributed by atoms with van der Waals surface area (Å²) < 4.78 is 46.7. The van der Waals surface area contributed by atoms with E-state index in [9.17, 15) is 22.8 Å². The van der Waals surface area contributed by atoms with E-state index in [0.29, 0.717) is 32.7 Å². The SMILES string of the molecule is O=C1C(=O)N2CCC(C(F)(F)F)N(CCc3ccccc3)C2=N[C@@H]1N1CCOCC1. The fraction of sp³-hybridized carbons (Fsp3) is 0.550. The predicted octanol–water partition coefficient (Wildman–Crippen LogP) is 1.29. The smallest absolute Gasteiger partial charge is 0.379 e. The summed E-state index contributed by atoms with van der Waals surface area (Å²) in [7, 11) is 0. The first-order valence-electron chi connectivity index (χ1n) is 9.99. The lowest BCUT2D eigenvalue weighted by molar-refractivity contribution is -0.183. The van der Waals surface area contributed by atoms with E-state index in [1.807, 2.05) is 30.3 Å². The third kappa shape index (κ3) is 4.06. The number of carbonyl (C=O) groups is 2. The molecule has 1 aromatic rings. The number of Topliss-reactive ketones (excluding diaryl/α,β-unsaturated/α-hetero) is 1. The maximum atomic E-state index is 13.8. The predicted molar refractivity (Wildman–Crippen MR) is 102 cm³/mol. The van der Waals surface area contributed by atoms with Gasteiger partial charge < -0.3 is 9.64 Å². The minimum Gasteiger partial charge on any atom is -0.379 e. The van der Waals surface area contributed by atoms with E-state index >= 15 is 0 Å². The molecule has 0 spiro atoms. The van der Waals surface area contributed by atoms with Gasteiger partial charge in [0.1, 0.15) is 6.04 Å². The van der Waals surface area contributed by atoms with Gasteiger partial charge in [0.15, 0.2) is 6.17 Å². The molecule has 0 saturated carbocycles. The Morgan fingerprint density at radius 3 is 2.43 bits per heavy atom. The Morgan fingerprint density at radius 1 is 1.07 bits per heavy atom. The number of ketones is 1. The molecule has 0 aliphatic carbocycles. The average molecular weight is 424 g/mol. The van der Waals surface area contributed by atoms with Crippen molar-refractivity contribution in [2.24, 2.45) is 4.99 Å². The molecule has 3 aliphatic heterocycles. The van der Waals surface area contributed by atoms with Crippen molar-refractivity contribution in [1.82, 2.24) is 14.7 Å². The van der Waals surface area contributed by atoms with Gasteiger partial charge in [-0.2, -0.15) is 13.2 Å². The first kappa shape index (κ1) is 20.8. The van der Waals surface area contributed by atoms with Gasteiger partial charge in [0, 0.05) is 26.2 Å². The third-order valence-corrected chi connectivity index (χ3v) is 5.68. The van der Waals surface area contributed by atoms with Gasteiger partial charge in [-0.1, -0.05) is 30.3 Å². The van der Waals surface area contributed by atoms with E-state index < -0.39 is 30.1 Å². The summed E-state index contributed by atoms with van der Waals surface area (Å²) in [6.07, 6.45) is -5.49. The summed E-state index contributed by atoms with van der Waals surface area (Å²) in [5.74, 6) is -1.54. The largest absolute Gasteiger partial charge is 0.408 e. The van der Waals surface area contributed by atoms with Crippen molar-refractivity contribution in [1.29, 1.82) is 0 Å². The number of carbonyl (C=O) groups excluding carboxylic acids is 2. The number of alkyl halides is 3. The highest BCUT2D eigenvalue weighted by Crippen LogP contribution is 2.33. The van der Waals surface area contributed by atoms with Crippen LogP contribution >= 0.6 is 0 Å². The van der Waals surface area contributed by atoms with Crippen LogP contribution in [-0.4, -0.2) is 90.1 Å². The Labute approximate surface area is 172 Å². The maximum absolute atomic E-state index is 13.8. The molecule has 1 amide bonds. The molecule has 7 nitrogen and oxygen atoms in total. The number of hydrogen-bond acceptors (Lipinski definition) is 6. The fourth-order valence-corrected chi connectivity index (χ4v) is 4.11. The monoisotopic (exact) mass is 424 g/mol. The van der Waals surface area contributed by atoms with Crippen molar-refractivity contribution in [3.05, 3.63) is 35.9 Å². The van der Waals surface area contributed by atoms with E-state index in [4.69, 9.17) is 4.74 Å². The van der Waals surface area contributed by atoms with Crippen LogP contribution in [0.3, 0.4) is 0 Å². The molecule has 0 aromatic heterocycles. The number of benzene rings is 1. The number of halogens is 3. The number of fused-ring (bicyclic) bond motifs is 1. The van der Waals surface area contributed by atoms with Gasteiger partial charge in [0.05, 0.1) is 13.2 Å². The Kier molecular flexibility index (Phi) is 5.79. The van der Waals surface area contributed by atoms with Crippen molar-refractivity contribution < 1.29 is 27.5 Å². The Bertz CT molecular complexity index is 824. The third-order valence-electron chi connectivity index (χ3n) is 5.68. The van der Waals surface area contributed by atoms with E-state index in [0.717, 1.165) is 15.4 Å². The second-order valence-corrected chi connectivity index (χ2v) is 7.55. The van der Waals surface area contributed by atoms with Crippen LogP contribution in [-0.2, 0) is 20.7 Å². The first-order valence-corrected chi connectivity index (χ1v) is 9.99. The molecule has 3 heterocycles. The Morgan fingerprint density at radius 2 is 1.77 bits per heavy atom. The molecule has 1 aromatic carbocycles. The number of aliphatic imine (C=N–C) groups is 1. The normalized spacial score (nSPS) is 25.9. The highest BCUT2D eigenvalue weighted by molar-refractivity contribution is 6.42. The van der Waals surface area contributed by atoms with Gasteiger partial charge in [-0.05, 0) is 18.4 Å². The maximum Gasteiger partial charge on any atom is 0.408 e. The minimum atomic E-state index is -4.47. The minimum absolute atomic E-state index is 0.0425. The van der Waals surface area contributed by atoms with Crippen LogP contribution in [0.5, 0.6) is 0 Å². The summed E-state index contributed by atoms with van der Waals surface area (Å²) in [6, 6.07) is 7.44. The number of amides is 1. The van der Waals surface area contributed by atoms with Crippen LogP contribution in [0.25, 0.3) is 0 Å². The quantitative estimate of drug-likeness (QED) is 0.682. The molecule has 2 atom stereocenters. The van der Waals surface area contributed by atoms with Crippen LogP contribution in [0.4, 0.5) is 13.2 Å². The highest BCUT2D eigenvalue weighted by atomic mass is 19.4. The molecule has 2 saturated heterocycles. The molecular weight excluding hydrogens is 401 g/mol. The molecule has 2 fully saturated rings. The lowest BCUT2D eigenvalue weighted by atomic mass is 10.0. The fourth-order valence-electron chi connectivity index (χ4n) is 4.11. The summed E-state index contributed by atoms with van der Waals surface area (Å²) >= 11 is 0. The van der Waals surface area contributed by atoms with Crippen molar-refractivity contribution >= 4 is 17.6 Å². The molecule has 30 heavy (non-hydrogen) atoms. The zero-order valence-electron chi connectivity index (χ0n) is 16.3. The average Bonchev–Trinajstić information content (AvgIpc) is 2.75. The zero-order chi connectivity index (χ0) is 21.3. The van der Waals surface area contributed by atoms with Crippen LogP contribution < -0.4 is 0 Å². The van der Waals surface area contributed by atoms with Gasteiger partial charge in [-0.25, -0.2) is 4.99 Å². The topological polar surface area (TPSA) is 65.5 Å². The molecule has 3 aliphatic rings. The number of ether oxygens (including phenoxy) is 1. The molecule has 4 rings (SSSR count). The lowest BCUT2D eigenvalue weighted by Gasteiger charge is -2.46. The Hall–Kier alpha value is -2.46. The van der Waals surface area contributed by atoms with E-state index in [1.165, 1.54) is 0 Å². The molecule has 162 valence electrons. The molecule has 0 bridgehead atoms. The Balaban J connectivity index is 1.66. The van der Waals surface area contributed by atoms with Crippen molar-refractivity contribution in [3.8, 4) is 0 Å². The van der Waals surface area contributed by atoms with Crippen LogP contribution in [0.2, 0.25) is 0 Å². The van der Waals surface area contributed by atoms with Crippen LogP contribution in [0, 0.1) is 0 Å². The molecule has 0 N–H and O–H groups in total. The van der Waals surface area contributed by atoms with Gasteiger partial charge in [0.2, 0.25) is 5.96 Å². The van der Waals surface area contributed by atoms with Crippen molar-refractivity contribution in [3.63, 3.8) is 0 Å². The number of nitrogens with zero attached hydrogens (tertiary/aromatic N) is 4. The zero-order valence-corrected chi connectivity index (χ0v) is 16.3. The van der Waals surface area contributed by atoms with Gasteiger partial charge >= 0.3 is 6.18 Å². The number of morpholine rings is 1. The highest BCUT2D eigenvalue weighted by Gasteiger charge is 2.52. The van der Waals surface area contributed by atoms with Gasteiger partial charge in [0.25, 0.3) is 11.7 Å². The second kappa shape index (κ2) is 8.35. The van der Waals surface area contributed by atoms with E-state index in [1.54, 1.807) is 4.90 Å². The lowest BCUT2D eigenvalue weighted by Crippen LogP contribution is -2.66. The summed E-state index contributed by atoms with van der Waals surface area (Å²) in [4.78, 5) is 33.7. The standard InChI is InChI=1S/C20H23F3N4O3/c21-20(22,23)15-7-9-27-18(29)16(28)17(25-10-12-30-13-11-25)24-19(27)26(15)8-6-14-4-2-1-3-5-14/h1-5,15,17H,6-13H2/t15?,17-/m1/s1. The van der Waals surface area contributed by atoms with Crippen LogP contribution in [0.15, 0.2) is 35.3 Å². The van der Waals surface area contributed by atoms with E-state index in [2.05, 4.69) is 4.99 Å². The number of rotatable bonds is 4. The van der Waals surface area contributed by atoms with Crippen molar-refractivity contribution in [2.75, 3.05) is 39.4 Å². The summed E-state index contributed by atoms with van der Waals surface area (Å²) in [6.45, 7) is 1.43. The second-order valence-electron chi connectivity index (χ2n) is 7.55. The molecule has 1 unspecified atom stereocenters. The van der Waals surface area contributed by atoms with Crippen LogP contribution in [0.1, 0.15) is 12.0 Å².